The van der Waals surface area contributed by atoms with Gasteiger partial charge in [0.05, 0.1) is 11.2 Å². The fourth-order valence-corrected chi connectivity index (χ4v) is 3.32. The van der Waals surface area contributed by atoms with Crippen molar-refractivity contribution in [2.24, 2.45) is 5.73 Å². The molecule has 0 unspecified atom stereocenters. The van der Waals surface area contributed by atoms with Crippen molar-refractivity contribution in [3.8, 4) is 0 Å². The third kappa shape index (κ3) is 4.46. The Morgan fingerprint density at radius 3 is 2.33 bits per heavy atom. The highest BCUT2D eigenvalue weighted by atomic mass is 32.1. The number of morpholine rings is 1. The summed E-state index contributed by atoms with van der Waals surface area (Å²) in [6, 6.07) is 4.77. The number of nitrogens with two attached hydrogens (primary N) is 1. The summed E-state index contributed by atoms with van der Waals surface area (Å²) in [5.74, 6) is -0.304. The largest absolute Gasteiger partial charge is 0.389 e. The zero-order valence-corrected chi connectivity index (χ0v) is 13.9. The molecule has 0 spiro atoms. The van der Waals surface area contributed by atoms with Crippen molar-refractivity contribution in [1.82, 2.24) is 4.90 Å². The van der Waals surface area contributed by atoms with E-state index in [-0.39, 0.29) is 22.0 Å². The molecule has 0 aromatic heterocycles. The van der Waals surface area contributed by atoms with E-state index in [9.17, 15) is 4.39 Å². The van der Waals surface area contributed by atoms with E-state index >= 15 is 0 Å². The Hall–Kier alpha value is -1.04. The number of halogens is 1. The summed E-state index contributed by atoms with van der Waals surface area (Å²) < 4.78 is 19.7. The lowest BCUT2D eigenvalue weighted by Gasteiger charge is -2.47. The van der Waals surface area contributed by atoms with E-state index in [0.29, 0.717) is 12.1 Å². The lowest BCUT2D eigenvalue weighted by atomic mass is 9.98. The molecule has 1 aliphatic heterocycles. The molecule has 1 saturated heterocycles. The Morgan fingerprint density at radius 2 is 1.81 bits per heavy atom. The predicted octanol–water partition coefficient (Wildman–Crippen LogP) is 2.85. The van der Waals surface area contributed by atoms with Crippen molar-refractivity contribution in [2.75, 3.05) is 13.1 Å². The summed E-state index contributed by atoms with van der Waals surface area (Å²) in [7, 11) is 0. The normalized spacial score (nSPS) is 21.2. The van der Waals surface area contributed by atoms with Crippen LogP contribution in [0.2, 0.25) is 0 Å². The Bertz CT molecular complexity index is 541. The van der Waals surface area contributed by atoms with Gasteiger partial charge in [0.15, 0.2) is 0 Å². The van der Waals surface area contributed by atoms with Crippen molar-refractivity contribution in [3.63, 3.8) is 0 Å². The lowest BCUT2D eigenvalue weighted by Crippen LogP contribution is -2.56. The maximum atomic E-state index is 13.7. The first-order valence-corrected chi connectivity index (χ1v) is 7.49. The Morgan fingerprint density at radius 1 is 1.24 bits per heavy atom. The molecule has 0 atom stereocenters. The topological polar surface area (TPSA) is 38.5 Å². The molecule has 21 heavy (non-hydrogen) atoms. The molecule has 116 valence electrons. The lowest BCUT2D eigenvalue weighted by molar-refractivity contribution is -0.182. The zero-order valence-electron chi connectivity index (χ0n) is 13.1. The average Bonchev–Trinajstić information content (AvgIpc) is 2.22. The smallest absolute Gasteiger partial charge is 0.124 e. The quantitative estimate of drug-likeness (QED) is 0.871. The molecule has 1 aliphatic rings. The predicted molar refractivity (Wildman–Crippen MR) is 86.8 cm³/mol. The van der Waals surface area contributed by atoms with E-state index in [0.717, 1.165) is 18.7 Å². The number of hydrogen-bond acceptors (Lipinski definition) is 3. The number of ether oxygens (including phenoxy) is 1. The van der Waals surface area contributed by atoms with Gasteiger partial charge in [-0.2, -0.15) is 0 Å². The van der Waals surface area contributed by atoms with Crippen LogP contribution < -0.4 is 5.73 Å². The van der Waals surface area contributed by atoms with Gasteiger partial charge in [-0.1, -0.05) is 12.2 Å². The minimum atomic E-state index is -0.304. The van der Waals surface area contributed by atoms with Crippen LogP contribution >= 0.6 is 12.2 Å². The molecule has 1 heterocycles. The molecule has 0 saturated carbocycles. The van der Waals surface area contributed by atoms with Gasteiger partial charge in [0.2, 0.25) is 0 Å². The molecule has 1 aromatic carbocycles. The van der Waals surface area contributed by atoms with Gasteiger partial charge in [-0.05, 0) is 51.5 Å². The maximum Gasteiger partial charge on any atom is 0.124 e. The van der Waals surface area contributed by atoms with Crippen molar-refractivity contribution in [1.29, 1.82) is 0 Å². The fourth-order valence-electron chi connectivity index (χ4n) is 3.20. The highest BCUT2D eigenvalue weighted by Crippen LogP contribution is 2.29. The zero-order chi connectivity index (χ0) is 15.8. The highest BCUT2D eigenvalue weighted by molar-refractivity contribution is 7.80. The van der Waals surface area contributed by atoms with Crippen molar-refractivity contribution in [2.45, 2.75) is 45.4 Å². The van der Waals surface area contributed by atoms with Crippen LogP contribution in [0.15, 0.2) is 18.2 Å². The van der Waals surface area contributed by atoms with E-state index < -0.39 is 0 Å². The van der Waals surface area contributed by atoms with Gasteiger partial charge in [-0.25, -0.2) is 4.39 Å². The van der Waals surface area contributed by atoms with Crippen LogP contribution in [0.1, 0.15) is 38.8 Å². The summed E-state index contributed by atoms with van der Waals surface area (Å²) in [4.78, 5) is 2.50. The number of rotatable bonds is 3. The van der Waals surface area contributed by atoms with Crippen molar-refractivity contribution in [3.05, 3.63) is 35.1 Å². The number of nitrogens with zero attached hydrogens (tertiary/aromatic N) is 1. The van der Waals surface area contributed by atoms with Gasteiger partial charge in [-0.15, -0.1) is 0 Å². The van der Waals surface area contributed by atoms with Gasteiger partial charge < -0.3 is 10.5 Å². The molecule has 5 heteroatoms. The molecule has 1 fully saturated rings. The molecule has 1 aromatic rings. The summed E-state index contributed by atoms with van der Waals surface area (Å²) in [5.41, 5.74) is 6.62. The highest BCUT2D eigenvalue weighted by Gasteiger charge is 2.37. The van der Waals surface area contributed by atoms with Crippen LogP contribution in [0.4, 0.5) is 4.39 Å². The Kier molecular flexibility index (Phi) is 4.38. The first-order valence-electron chi connectivity index (χ1n) is 7.08. The monoisotopic (exact) mass is 310 g/mol. The van der Waals surface area contributed by atoms with Gasteiger partial charge in [0.1, 0.15) is 10.8 Å². The second kappa shape index (κ2) is 5.63. The second-order valence-electron chi connectivity index (χ2n) is 6.98. The van der Waals surface area contributed by atoms with Crippen LogP contribution in [-0.2, 0) is 11.3 Å². The molecular weight excluding hydrogens is 287 g/mol. The third-order valence-electron chi connectivity index (χ3n) is 3.41. The van der Waals surface area contributed by atoms with Gasteiger partial charge >= 0.3 is 0 Å². The maximum absolute atomic E-state index is 13.7. The van der Waals surface area contributed by atoms with Crippen LogP contribution in [0.25, 0.3) is 0 Å². The van der Waals surface area contributed by atoms with Crippen LogP contribution in [0.5, 0.6) is 0 Å². The van der Waals surface area contributed by atoms with E-state index in [1.165, 1.54) is 12.1 Å². The first kappa shape index (κ1) is 16.3. The minimum absolute atomic E-state index is 0.221. The van der Waals surface area contributed by atoms with Crippen LogP contribution in [0, 0.1) is 5.82 Å². The van der Waals surface area contributed by atoms with Crippen LogP contribution in [-0.4, -0.2) is 34.2 Å². The number of thiocarbonyl (C=S) groups is 1. The van der Waals surface area contributed by atoms with E-state index in [4.69, 9.17) is 22.7 Å². The number of benzene rings is 1. The summed E-state index contributed by atoms with van der Waals surface area (Å²) in [6.45, 7) is 10.6. The van der Waals surface area contributed by atoms with E-state index in [1.54, 1.807) is 0 Å². The van der Waals surface area contributed by atoms with Gasteiger partial charge in [0.25, 0.3) is 0 Å². The van der Waals surface area contributed by atoms with E-state index in [1.807, 2.05) is 6.07 Å². The van der Waals surface area contributed by atoms with E-state index in [2.05, 4.69) is 32.6 Å². The first-order chi connectivity index (χ1) is 9.56. The molecular formula is C16H23FN2OS. The molecule has 2 rings (SSSR count). The average molecular weight is 310 g/mol. The Balaban J connectivity index is 2.19. The molecule has 0 aliphatic carbocycles. The Labute approximate surface area is 131 Å². The van der Waals surface area contributed by atoms with Gasteiger partial charge in [0, 0.05) is 25.2 Å². The van der Waals surface area contributed by atoms with Crippen LogP contribution in [0.3, 0.4) is 0 Å². The summed E-state index contributed by atoms with van der Waals surface area (Å²) in [6.07, 6.45) is 0. The molecule has 2 N–H and O–H groups in total. The summed E-state index contributed by atoms with van der Waals surface area (Å²) in [5, 5.41) is 0. The summed E-state index contributed by atoms with van der Waals surface area (Å²) >= 11 is 4.94. The standard InChI is InChI=1S/C16H23FN2OS/c1-15(2)9-19(10-16(3,4)20-15)8-11-5-12(14(18)21)7-13(17)6-11/h5-7H,8-10H2,1-4H3,(H2,18,21). The second-order valence-corrected chi connectivity index (χ2v) is 7.42. The SMILES string of the molecule is CC1(C)CN(Cc2cc(F)cc(C(N)=S)c2)CC(C)(C)O1. The number of hydrogen-bond donors (Lipinski definition) is 1. The van der Waals surface area contributed by atoms with Crippen molar-refractivity contribution < 1.29 is 9.13 Å². The third-order valence-corrected chi connectivity index (χ3v) is 3.65. The van der Waals surface area contributed by atoms with Gasteiger partial charge in [-0.3, -0.25) is 4.90 Å². The fraction of sp³-hybridized carbons (Fsp3) is 0.562. The molecule has 0 radical (unpaired) electrons. The van der Waals surface area contributed by atoms with Crippen molar-refractivity contribution >= 4 is 17.2 Å². The molecule has 0 bridgehead atoms. The minimum Gasteiger partial charge on any atom is -0.389 e. The molecule has 3 nitrogen and oxygen atoms in total. The molecule has 0 amide bonds.